The van der Waals surface area contributed by atoms with Crippen LogP contribution in [0.1, 0.15) is 16.8 Å². The SMILES string of the molecule is O=C(O)[C@@H]1C[C@H](O)CN1C(=O)c1cc([N+](=O)[O-])cnc1Cl. The van der Waals surface area contributed by atoms with E-state index in [9.17, 15) is 24.8 Å². The largest absolute Gasteiger partial charge is 0.480 e. The molecule has 1 aromatic heterocycles. The number of nitro groups is 1. The van der Waals surface area contributed by atoms with Gasteiger partial charge in [0.25, 0.3) is 11.6 Å². The number of hydrogen-bond acceptors (Lipinski definition) is 6. The highest BCUT2D eigenvalue weighted by atomic mass is 35.5. The average molecular weight is 316 g/mol. The molecule has 1 fully saturated rings. The third-order valence-electron chi connectivity index (χ3n) is 3.09. The number of pyridine rings is 1. The fourth-order valence-corrected chi connectivity index (χ4v) is 2.30. The summed E-state index contributed by atoms with van der Waals surface area (Å²) < 4.78 is 0. The van der Waals surface area contributed by atoms with Gasteiger partial charge in [-0.25, -0.2) is 9.78 Å². The Bertz CT molecular complexity index is 622. The molecule has 2 rings (SSSR count). The second kappa shape index (κ2) is 5.62. The van der Waals surface area contributed by atoms with E-state index in [2.05, 4.69) is 4.98 Å². The van der Waals surface area contributed by atoms with E-state index >= 15 is 0 Å². The molecular weight excluding hydrogens is 306 g/mol. The van der Waals surface area contributed by atoms with Crippen LogP contribution in [0.25, 0.3) is 0 Å². The Hall–Kier alpha value is -2.26. The van der Waals surface area contributed by atoms with E-state index in [1.807, 2.05) is 0 Å². The number of β-amino-alcohol motifs (C(OH)–C–C–N with tert-alkyl or cyclic N) is 1. The molecule has 0 aliphatic carbocycles. The summed E-state index contributed by atoms with van der Waals surface area (Å²) in [5, 5.41) is 29.0. The van der Waals surface area contributed by atoms with E-state index < -0.39 is 34.6 Å². The van der Waals surface area contributed by atoms with Crippen LogP contribution < -0.4 is 0 Å². The fourth-order valence-electron chi connectivity index (χ4n) is 2.11. The average Bonchev–Trinajstić information content (AvgIpc) is 2.80. The van der Waals surface area contributed by atoms with Crippen LogP contribution in [-0.4, -0.2) is 55.6 Å². The minimum absolute atomic E-state index is 0.110. The van der Waals surface area contributed by atoms with Crippen molar-refractivity contribution >= 4 is 29.2 Å². The predicted octanol–water partition coefficient (Wildman–Crippen LogP) is 0.303. The van der Waals surface area contributed by atoms with Crippen molar-refractivity contribution in [3.05, 3.63) is 33.1 Å². The number of aliphatic carboxylic acids is 1. The number of aliphatic hydroxyl groups excluding tert-OH is 1. The summed E-state index contributed by atoms with van der Waals surface area (Å²) in [6, 6.07) is -0.274. The summed E-state index contributed by atoms with van der Waals surface area (Å²) >= 11 is 5.75. The fraction of sp³-hybridized carbons (Fsp3) is 0.364. The molecule has 10 heteroatoms. The molecule has 0 bridgehead atoms. The van der Waals surface area contributed by atoms with Gasteiger partial charge in [0.2, 0.25) is 0 Å². The third kappa shape index (κ3) is 2.93. The van der Waals surface area contributed by atoms with Gasteiger partial charge in [-0.2, -0.15) is 0 Å². The van der Waals surface area contributed by atoms with Crippen LogP contribution >= 0.6 is 11.6 Å². The Morgan fingerprint density at radius 3 is 2.76 bits per heavy atom. The zero-order valence-electron chi connectivity index (χ0n) is 10.5. The number of carbonyl (C=O) groups excluding carboxylic acids is 1. The Kier molecular flexibility index (Phi) is 4.05. The van der Waals surface area contributed by atoms with Gasteiger partial charge >= 0.3 is 5.97 Å². The zero-order chi connectivity index (χ0) is 15.7. The number of aliphatic hydroxyl groups is 1. The normalized spacial score (nSPS) is 21.3. The lowest BCUT2D eigenvalue weighted by atomic mass is 10.2. The van der Waals surface area contributed by atoms with Crippen molar-refractivity contribution in [3.63, 3.8) is 0 Å². The summed E-state index contributed by atoms with van der Waals surface area (Å²) in [4.78, 5) is 37.8. The van der Waals surface area contributed by atoms with Crippen molar-refractivity contribution in [2.45, 2.75) is 18.6 Å². The number of aromatic nitrogens is 1. The molecule has 1 aliphatic heterocycles. The summed E-state index contributed by atoms with van der Waals surface area (Å²) in [6.45, 7) is -0.186. The van der Waals surface area contributed by atoms with Crippen LogP contribution in [0.3, 0.4) is 0 Å². The predicted molar refractivity (Wildman–Crippen MR) is 69.0 cm³/mol. The van der Waals surface area contributed by atoms with E-state index in [1.165, 1.54) is 0 Å². The summed E-state index contributed by atoms with van der Waals surface area (Å²) in [5.41, 5.74) is -0.708. The topological polar surface area (TPSA) is 134 Å². The van der Waals surface area contributed by atoms with E-state index in [0.717, 1.165) is 17.2 Å². The Balaban J connectivity index is 2.37. The monoisotopic (exact) mass is 315 g/mol. The van der Waals surface area contributed by atoms with Crippen molar-refractivity contribution in [1.29, 1.82) is 0 Å². The molecule has 112 valence electrons. The highest BCUT2D eigenvalue weighted by molar-refractivity contribution is 6.32. The Labute approximate surface area is 122 Å². The smallest absolute Gasteiger partial charge is 0.326 e. The Morgan fingerprint density at radius 1 is 1.52 bits per heavy atom. The zero-order valence-corrected chi connectivity index (χ0v) is 11.2. The van der Waals surface area contributed by atoms with E-state index in [0.29, 0.717) is 0 Å². The van der Waals surface area contributed by atoms with Gasteiger partial charge in [0.05, 0.1) is 16.6 Å². The number of hydrogen-bond donors (Lipinski definition) is 2. The third-order valence-corrected chi connectivity index (χ3v) is 3.39. The second-order valence-electron chi connectivity index (χ2n) is 4.49. The lowest BCUT2D eigenvalue weighted by Gasteiger charge is -2.21. The maximum Gasteiger partial charge on any atom is 0.326 e. The first-order chi connectivity index (χ1) is 9.81. The van der Waals surface area contributed by atoms with Gasteiger partial charge in [0.1, 0.15) is 17.4 Å². The number of likely N-dealkylation sites (tertiary alicyclic amines) is 1. The van der Waals surface area contributed by atoms with Gasteiger partial charge in [0, 0.05) is 19.0 Å². The van der Waals surface area contributed by atoms with Crippen LogP contribution in [0.4, 0.5) is 5.69 Å². The molecule has 9 nitrogen and oxygen atoms in total. The lowest BCUT2D eigenvalue weighted by Crippen LogP contribution is -2.40. The van der Waals surface area contributed by atoms with Gasteiger partial charge in [-0.15, -0.1) is 0 Å². The first-order valence-electron chi connectivity index (χ1n) is 5.83. The summed E-state index contributed by atoms with van der Waals surface area (Å²) in [7, 11) is 0. The summed E-state index contributed by atoms with van der Waals surface area (Å²) in [5.74, 6) is -2.09. The quantitative estimate of drug-likeness (QED) is 0.465. The van der Waals surface area contributed by atoms with Crippen LogP contribution in [-0.2, 0) is 4.79 Å². The highest BCUT2D eigenvalue weighted by Gasteiger charge is 2.40. The first-order valence-corrected chi connectivity index (χ1v) is 6.21. The molecule has 2 heterocycles. The summed E-state index contributed by atoms with van der Waals surface area (Å²) in [6.07, 6.45) is -0.186. The molecular formula is C11H10ClN3O6. The van der Waals surface area contributed by atoms with Gasteiger partial charge in [-0.3, -0.25) is 14.9 Å². The number of nitrogens with zero attached hydrogens (tertiary/aromatic N) is 3. The molecule has 1 aliphatic rings. The molecule has 1 amide bonds. The number of amides is 1. The molecule has 0 spiro atoms. The highest BCUT2D eigenvalue weighted by Crippen LogP contribution is 2.25. The molecule has 1 saturated heterocycles. The van der Waals surface area contributed by atoms with Crippen LogP contribution in [0, 0.1) is 10.1 Å². The molecule has 2 atom stereocenters. The number of carboxylic acid groups (broad SMARTS) is 1. The van der Waals surface area contributed by atoms with Crippen LogP contribution in [0.5, 0.6) is 0 Å². The molecule has 0 unspecified atom stereocenters. The number of halogens is 1. The molecule has 21 heavy (non-hydrogen) atoms. The minimum atomic E-state index is -1.27. The minimum Gasteiger partial charge on any atom is -0.480 e. The van der Waals surface area contributed by atoms with E-state index in [1.54, 1.807) is 0 Å². The molecule has 1 aromatic rings. The molecule has 0 radical (unpaired) electrons. The van der Waals surface area contributed by atoms with Crippen molar-refractivity contribution < 1.29 is 24.7 Å². The maximum atomic E-state index is 12.3. The van der Waals surface area contributed by atoms with Crippen molar-refractivity contribution in [2.24, 2.45) is 0 Å². The van der Waals surface area contributed by atoms with E-state index in [-0.39, 0.29) is 23.7 Å². The number of carboxylic acids is 1. The van der Waals surface area contributed by atoms with Crippen molar-refractivity contribution in [1.82, 2.24) is 9.88 Å². The molecule has 2 N–H and O–H groups in total. The van der Waals surface area contributed by atoms with E-state index in [4.69, 9.17) is 16.7 Å². The number of rotatable bonds is 3. The van der Waals surface area contributed by atoms with Crippen molar-refractivity contribution in [3.8, 4) is 0 Å². The molecule has 0 saturated carbocycles. The first kappa shape index (κ1) is 15.1. The van der Waals surface area contributed by atoms with Crippen molar-refractivity contribution in [2.75, 3.05) is 6.54 Å². The van der Waals surface area contributed by atoms with Crippen LogP contribution in [0.2, 0.25) is 5.15 Å². The lowest BCUT2D eigenvalue weighted by molar-refractivity contribution is -0.385. The maximum absolute atomic E-state index is 12.3. The Morgan fingerprint density at radius 2 is 2.19 bits per heavy atom. The van der Waals surface area contributed by atoms with Gasteiger partial charge in [0.15, 0.2) is 0 Å². The van der Waals surface area contributed by atoms with Gasteiger partial charge in [-0.05, 0) is 0 Å². The second-order valence-corrected chi connectivity index (χ2v) is 4.85. The van der Waals surface area contributed by atoms with Crippen LogP contribution in [0.15, 0.2) is 12.3 Å². The van der Waals surface area contributed by atoms with Gasteiger partial charge in [-0.1, -0.05) is 11.6 Å². The standard InChI is InChI=1S/C11H10ClN3O6/c12-9-7(1-5(3-13-9)15(20)21)10(17)14-4-6(16)2-8(14)11(18)19/h1,3,6,8,16H,2,4H2,(H,18,19)/t6-,8-/m0/s1. The number of carbonyl (C=O) groups is 2. The van der Waals surface area contributed by atoms with Gasteiger partial charge < -0.3 is 15.1 Å². The molecule has 0 aromatic carbocycles.